The summed E-state index contributed by atoms with van der Waals surface area (Å²) in [7, 11) is 0. The van der Waals surface area contributed by atoms with E-state index in [1.807, 2.05) is 36.4 Å². The van der Waals surface area contributed by atoms with Crippen LogP contribution in [-0.2, 0) is 11.3 Å². The van der Waals surface area contributed by atoms with Crippen LogP contribution >= 0.6 is 0 Å². The molecule has 3 rings (SSSR count). The van der Waals surface area contributed by atoms with Gasteiger partial charge in [-0.05, 0) is 10.9 Å². The molecule has 4 heteroatoms. The van der Waals surface area contributed by atoms with Crippen molar-refractivity contribution >= 4 is 17.8 Å². The number of hydrogen-bond acceptors (Lipinski definition) is 3. The Hall–Kier alpha value is -2.46. The van der Waals surface area contributed by atoms with Gasteiger partial charge in [-0.25, -0.2) is 9.97 Å². The summed E-state index contributed by atoms with van der Waals surface area (Å²) in [6.07, 6.45) is 5.08. The first-order valence-electron chi connectivity index (χ1n) is 6.89. The van der Waals surface area contributed by atoms with Crippen molar-refractivity contribution in [1.82, 2.24) is 9.97 Å². The monoisotopic (exact) mass is 274 g/mol. The molecule has 0 aliphatic carbocycles. The highest BCUT2D eigenvalue weighted by Crippen LogP contribution is 2.01. The molecular weight excluding hydrogens is 259 g/mol. The van der Waals surface area contributed by atoms with Crippen molar-refractivity contribution in [3.63, 3.8) is 0 Å². The van der Waals surface area contributed by atoms with Crippen molar-refractivity contribution in [2.45, 2.75) is 6.61 Å². The van der Waals surface area contributed by atoms with Crippen LogP contribution in [0.15, 0.2) is 79.4 Å². The number of benzene rings is 2. The summed E-state index contributed by atoms with van der Waals surface area (Å²) < 4.78 is 6.12. The smallest absolute Gasteiger partial charge is 0.361 e. The lowest BCUT2D eigenvalue weighted by Gasteiger charge is -2.15. The van der Waals surface area contributed by atoms with E-state index in [1.165, 1.54) is 6.33 Å². The molecule has 0 bridgehead atoms. The number of aromatic nitrogens is 2. The first-order valence-corrected chi connectivity index (χ1v) is 6.89. The van der Waals surface area contributed by atoms with Gasteiger partial charge in [-0.3, -0.25) is 0 Å². The zero-order valence-corrected chi connectivity index (χ0v) is 11.6. The Morgan fingerprint density at radius 1 is 0.762 bits per heavy atom. The second-order valence-corrected chi connectivity index (χ2v) is 4.76. The van der Waals surface area contributed by atoms with Gasteiger partial charge < -0.3 is 4.65 Å². The lowest BCUT2D eigenvalue weighted by molar-refractivity contribution is 0.320. The molecule has 2 aromatic carbocycles. The summed E-state index contributed by atoms with van der Waals surface area (Å²) in [5, 5.41) is 0. The van der Waals surface area contributed by atoms with Crippen molar-refractivity contribution in [3.8, 4) is 0 Å². The Morgan fingerprint density at radius 3 is 1.81 bits per heavy atom. The minimum Gasteiger partial charge on any atom is -0.423 e. The predicted molar refractivity (Wildman–Crippen MR) is 84.7 cm³/mol. The second kappa shape index (κ2) is 6.82. The zero-order chi connectivity index (χ0) is 14.3. The van der Waals surface area contributed by atoms with Crippen molar-refractivity contribution < 1.29 is 4.65 Å². The van der Waals surface area contributed by atoms with Crippen LogP contribution in [0.5, 0.6) is 0 Å². The molecule has 3 aromatic rings. The van der Waals surface area contributed by atoms with Gasteiger partial charge in [-0.15, -0.1) is 0 Å². The van der Waals surface area contributed by atoms with Gasteiger partial charge in [-0.2, -0.15) is 0 Å². The molecule has 1 heterocycles. The van der Waals surface area contributed by atoms with E-state index in [4.69, 9.17) is 4.65 Å². The molecule has 3 nitrogen and oxygen atoms in total. The normalized spacial score (nSPS) is 10.3. The quantitative estimate of drug-likeness (QED) is 0.665. The standard InChI is InChI=1S/C17H15BN2O/c1-3-7-16(8-4-1)18(17-9-5-2-6-10-17)21-13-15-11-19-14-20-12-15/h1-12,14H,13H2. The van der Waals surface area contributed by atoms with E-state index in [0.717, 1.165) is 16.5 Å². The molecule has 0 unspecified atom stereocenters. The molecule has 0 radical (unpaired) electrons. The van der Waals surface area contributed by atoms with Gasteiger partial charge >= 0.3 is 6.92 Å². The van der Waals surface area contributed by atoms with Gasteiger partial charge in [0.15, 0.2) is 0 Å². The number of nitrogens with zero attached hydrogens (tertiary/aromatic N) is 2. The molecule has 0 aliphatic rings. The Bertz CT molecular complexity index is 623. The van der Waals surface area contributed by atoms with Crippen LogP contribution in [0.4, 0.5) is 0 Å². The van der Waals surface area contributed by atoms with Gasteiger partial charge in [-0.1, -0.05) is 60.7 Å². The van der Waals surface area contributed by atoms with Gasteiger partial charge in [0.25, 0.3) is 0 Å². The Kier molecular flexibility index (Phi) is 4.39. The van der Waals surface area contributed by atoms with Crippen LogP contribution in [0.1, 0.15) is 5.56 Å². The molecule has 102 valence electrons. The van der Waals surface area contributed by atoms with E-state index in [1.54, 1.807) is 12.4 Å². The minimum absolute atomic E-state index is 0.0902. The maximum atomic E-state index is 6.12. The van der Waals surface area contributed by atoms with Crippen LogP contribution in [0.25, 0.3) is 0 Å². The molecule has 0 atom stereocenters. The maximum Gasteiger partial charge on any atom is 0.361 e. The van der Waals surface area contributed by atoms with E-state index < -0.39 is 0 Å². The van der Waals surface area contributed by atoms with Crippen molar-refractivity contribution in [2.24, 2.45) is 0 Å². The molecule has 21 heavy (non-hydrogen) atoms. The SMILES string of the molecule is c1ccc(B(OCc2cncnc2)c2ccccc2)cc1. The maximum absolute atomic E-state index is 6.12. The topological polar surface area (TPSA) is 35.0 Å². The third kappa shape index (κ3) is 3.55. The molecule has 0 spiro atoms. The van der Waals surface area contributed by atoms with Crippen molar-refractivity contribution in [3.05, 3.63) is 84.9 Å². The highest BCUT2D eigenvalue weighted by Gasteiger charge is 2.20. The molecule has 0 saturated carbocycles. The fraction of sp³-hybridized carbons (Fsp3) is 0.0588. The van der Waals surface area contributed by atoms with E-state index in [0.29, 0.717) is 6.61 Å². The molecule has 0 aliphatic heterocycles. The Balaban J connectivity index is 1.83. The first kappa shape index (κ1) is 13.5. The Labute approximate surface area is 124 Å². The average molecular weight is 274 g/mol. The zero-order valence-electron chi connectivity index (χ0n) is 11.6. The molecule has 0 fully saturated rings. The summed E-state index contributed by atoms with van der Waals surface area (Å²) >= 11 is 0. The van der Waals surface area contributed by atoms with Crippen LogP contribution in [-0.4, -0.2) is 16.9 Å². The fourth-order valence-corrected chi connectivity index (χ4v) is 2.22. The summed E-state index contributed by atoms with van der Waals surface area (Å²) in [6, 6.07) is 20.5. The van der Waals surface area contributed by atoms with Gasteiger partial charge in [0.1, 0.15) is 6.33 Å². The summed E-state index contributed by atoms with van der Waals surface area (Å²) in [5.41, 5.74) is 3.25. The van der Waals surface area contributed by atoms with E-state index in [2.05, 4.69) is 34.2 Å². The summed E-state index contributed by atoms with van der Waals surface area (Å²) in [6.45, 7) is 0.391. The van der Waals surface area contributed by atoms with Crippen LogP contribution in [0.2, 0.25) is 0 Å². The number of hydrogen-bond donors (Lipinski definition) is 0. The molecule has 0 amide bonds. The lowest BCUT2D eigenvalue weighted by Crippen LogP contribution is -2.44. The van der Waals surface area contributed by atoms with Gasteiger partial charge in [0, 0.05) is 18.0 Å². The number of rotatable bonds is 5. The largest absolute Gasteiger partial charge is 0.423 e. The minimum atomic E-state index is -0.0902. The highest BCUT2D eigenvalue weighted by atomic mass is 16.4. The van der Waals surface area contributed by atoms with Crippen LogP contribution in [0.3, 0.4) is 0 Å². The average Bonchev–Trinajstić information content (AvgIpc) is 2.58. The third-order valence-corrected chi connectivity index (χ3v) is 3.24. The molecular formula is C17H15BN2O. The summed E-state index contributed by atoms with van der Waals surface area (Å²) in [4.78, 5) is 8.03. The van der Waals surface area contributed by atoms with E-state index in [-0.39, 0.29) is 6.92 Å². The third-order valence-electron chi connectivity index (χ3n) is 3.24. The predicted octanol–water partition coefficient (Wildman–Crippen LogP) is 1.80. The Morgan fingerprint density at radius 2 is 1.29 bits per heavy atom. The summed E-state index contributed by atoms with van der Waals surface area (Å²) in [5.74, 6) is 0. The van der Waals surface area contributed by atoms with Gasteiger partial charge in [0.05, 0.1) is 6.61 Å². The van der Waals surface area contributed by atoms with Crippen LogP contribution in [0, 0.1) is 0 Å². The molecule has 1 aromatic heterocycles. The lowest BCUT2D eigenvalue weighted by atomic mass is 9.55. The highest BCUT2D eigenvalue weighted by molar-refractivity contribution is 6.79. The molecule has 0 N–H and O–H groups in total. The second-order valence-electron chi connectivity index (χ2n) is 4.76. The van der Waals surface area contributed by atoms with Gasteiger partial charge in [0.2, 0.25) is 0 Å². The van der Waals surface area contributed by atoms with E-state index >= 15 is 0 Å². The fourth-order valence-electron chi connectivity index (χ4n) is 2.22. The van der Waals surface area contributed by atoms with Crippen LogP contribution < -0.4 is 10.9 Å². The molecule has 0 saturated heterocycles. The van der Waals surface area contributed by atoms with E-state index in [9.17, 15) is 0 Å². The first-order chi connectivity index (χ1) is 10.4. The van der Waals surface area contributed by atoms with Crippen molar-refractivity contribution in [2.75, 3.05) is 0 Å². The van der Waals surface area contributed by atoms with Crippen molar-refractivity contribution in [1.29, 1.82) is 0 Å².